The fourth-order valence-corrected chi connectivity index (χ4v) is 3.53. The molecular formula is C17H22N4O. The Morgan fingerprint density at radius 3 is 2.73 bits per heavy atom. The van der Waals surface area contributed by atoms with Crippen LogP contribution in [0.25, 0.3) is 0 Å². The molecule has 1 amide bonds. The molecule has 0 spiro atoms. The predicted molar refractivity (Wildman–Crippen MR) is 84.6 cm³/mol. The van der Waals surface area contributed by atoms with Crippen LogP contribution in [-0.2, 0) is 4.79 Å². The van der Waals surface area contributed by atoms with Crippen LogP contribution in [0, 0.1) is 31.1 Å². The Kier molecular flexibility index (Phi) is 4.02. The highest BCUT2D eigenvalue weighted by Gasteiger charge is 2.33. The van der Waals surface area contributed by atoms with Crippen molar-refractivity contribution in [2.24, 2.45) is 5.92 Å². The first-order chi connectivity index (χ1) is 10.6. The second-order valence-corrected chi connectivity index (χ2v) is 6.35. The van der Waals surface area contributed by atoms with E-state index in [2.05, 4.69) is 16.0 Å². The number of nitriles is 1. The van der Waals surface area contributed by atoms with Crippen molar-refractivity contribution in [1.82, 2.24) is 9.88 Å². The molecule has 0 aliphatic carbocycles. The third-order valence-corrected chi connectivity index (χ3v) is 4.69. The summed E-state index contributed by atoms with van der Waals surface area (Å²) in [5.74, 6) is 1.08. The van der Waals surface area contributed by atoms with Gasteiger partial charge in [-0.05, 0) is 44.7 Å². The third-order valence-electron chi connectivity index (χ3n) is 4.69. The fraction of sp³-hybridized carbons (Fsp3) is 0.588. The van der Waals surface area contributed by atoms with Gasteiger partial charge in [0.15, 0.2) is 0 Å². The average Bonchev–Trinajstić information content (AvgIpc) is 3.17. The van der Waals surface area contributed by atoms with Gasteiger partial charge < -0.3 is 9.80 Å². The molecule has 0 saturated carbocycles. The van der Waals surface area contributed by atoms with E-state index in [9.17, 15) is 10.1 Å². The number of rotatable bonds is 2. The lowest BCUT2D eigenvalue weighted by atomic mass is 10.1. The molecule has 0 aromatic carbocycles. The summed E-state index contributed by atoms with van der Waals surface area (Å²) in [6.07, 6.45) is 3.10. The van der Waals surface area contributed by atoms with Gasteiger partial charge in [0.05, 0.1) is 11.5 Å². The largest absolute Gasteiger partial charge is 0.355 e. The molecular weight excluding hydrogens is 276 g/mol. The van der Waals surface area contributed by atoms with Crippen molar-refractivity contribution in [1.29, 1.82) is 5.26 Å². The molecule has 0 N–H and O–H groups in total. The molecule has 22 heavy (non-hydrogen) atoms. The van der Waals surface area contributed by atoms with E-state index in [1.807, 2.05) is 24.8 Å². The minimum Gasteiger partial charge on any atom is -0.355 e. The first-order valence-corrected chi connectivity index (χ1v) is 8.02. The van der Waals surface area contributed by atoms with E-state index >= 15 is 0 Å². The zero-order chi connectivity index (χ0) is 15.7. The highest BCUT2D eigenvalue weighted by Crippen LogP contribution is 2.29. The third kappa shape index (κ3) is 2.66. The van der Waals surface area contributed by atoms with Crippen molar-refractivity contribution in [3.8, 4) is 6.07 Å². The Balaban J connectivity index is 1.78. The maximum atomic E-state index is 12.5. The number of nitrogens with zero attached hydrogens (tertiary/aromatic N) is 4. The van der Waals surface area contributed by atoms with Gasteiger partial charge in [0.2, 0.25) is 5.91 Å². The van der Waals surface area contributed by atoms with Crippen molar-refractivity contribution in [2.45, 2.75) is 33.1 Å². The average molecular weight is 298 g/mol. The fourth-order valence-electron chi connectivity index (χ4n) is 3.53. The van der Waals surface area contributed by atoms with Gasteiger partial charge in [0.1, 0.15) is 11.9 Å². The monoisotopic (exact) mass is 298 g/mol. The second kappa shape index (κ2) is 5.96. The summed E-state index contributed by atoms with van der Waals surface area (Å²) < 4.78 is 0. The lowest BCUT2D eigenvalue weighted by molar-refractivity contribution is -0.133. The van der Waals surface area contributed by atoms with Crippen LogP contribution in [0.5, 0.6) is 0 Å². The van der Waals surface area contributed by atoms with Gasteiger partial charge in [-0.1, -0.05) is 0 Å². The number of aryl methyl sites for hydroxylation is 2. The van der Waals surface area contributed by atoms with Crippen molar-refractivity contribution >= 4 is 11.7 Å². The van der Waals surface area contributed by atoms with E-state index in [0.717, 1.165) is 56.0 Å². The molecule has 2 saturated heterocycles. The summed E-state index contributed by atoms with van der Waals surface area (Å²) in [6, 6.07) is 4.20. The molecule has 3 heterocycles. The summed E-state index contributed by atoms with van der Waals surface area (Å²) in [7, 11) is 0. The van der Waals surface area contributed by atoms with Gasteiger partial charge in [-0.25, -0.2) is 4.98 Å². The predicted octanol–water partition coefficient (Wildman–Crippen LogP) is 2.02. The molecule has 2 aliphatic heterocycles. The molecule has 1 aromatic rings. The Bertz CT molecular complexity index is 628. The van der Waals surface area contributed by atoms with Crippen LogP contribution in [0.4, 0.5) is 5.82 Å². The number of likely N-dealkylation sites (tertiary alicyclic amines) is 1. The number of hydrogen-bond donors (Lipinski definition) is 0. The molecule has 2 fully saturated rings. The Labute approximate surface area is 131 Å². The first kappa shape index (κ1) is 14.8. The zero-order valence-electron chi connectivity index (χ0n) is 13.3. The Hall–Kier alpha value is -2.09. The number of hydrogen-bond acceptors (Lipinski definition) is 4. The van der Waals surface area contributed by atoms with E-state index in [4.69, 9.17) is 0 Å². The van der Waals surface area contributed by atoms with Crippen LogP contribution in [0.3, 0.4) is 0 Å². The van der Waals surface area contributed by atoms with E-state index in [0.29, 0.717) is 12.1 Å². The van der Waals surface area contributed by atoms with E-state index in [1.54, 1.807) is 0 Å². The number of carbonyl (C=O) groups excluding carboxylic acids is 1. The zero-order valence-corrected chi connectivity index (χ0v) is 13.3. The Morgan fingerprint density at radius 1 is 1.32 bits per heavy atom. The molecule has 5 nitrogen and oxygen atoms in total. The second-order valence-electron chi connectivity index (χ2n) is 6.35. The van der Waals surface area contributed by atoms with Crippen molar-refractivity contribution < 1.29 is 4.79 Å². The number of amides is 1. The SMILES string of the molecule is Cc1cc(C)c(C#N)c(N2CCC(C(=O)N3CCCC3)C2)n1. The van der Waals surface area contributed by atoms with Gasteiger partial charge in [-0.15, -0.1) is 0 Å². The number of carbonyl (C=O) groups is 1. The standard InChI is InChI=1S/C17H22N4O/c1-12-9-13(2)19-16(15(12)10-18)21-8-5-14(11-21)17(22)20-6-3-4-7-20/h9,14H,3-8,11H2,1-2H3. The minimum absolute atomic E-state index is 0.0484. The van der Waals surface area contributed by atoms with Crippen LogP contribution in [0.1, 0.15) is 36.1 Å². The number of aromatic nitrogens is 1. The summed E-state index contributed by atoms with van der Waals surface area (Å²) >= 11 is 0. The normalized spacial score (nSPS) is 21.2. The molecule has 116 valence electrons. The van der Waals surface area contributed by atoms with Crippen LogP contribution < -0.4 is 4.90 Å². The van der Waals surface area contributed by atoms with E-state index < -0.39 is 0 Å². The van der Waals surface area contributed by atoms with Gasteiger partial charge in [0, 0.05) is 31.9 Å². The molecule has 1 atom stereocenters. The van der Waals surface area contributed by atoms with Crippen molar-refractivity contribution in [2.75, 3.05) is 31.1 Å². The number of anilines is 1. The van der Waals surface area contributed by atoms with Gasteiger partial charge in [-0.3, -0.25) is 4.79 Å². The lowest BCUT2D eigenvalue weighted by Gasteiger charge is -2.22. The van der Waals surface area contributed by atoms with Gasteiger partial charge in [0.25, 0.3) is 0 Å². The lowest BCUT2D eigenvalue weighted by Crippen LogP contribution is -2.35. The highest BCUT2D eigenvalue weighted by molar-refractivity contribution is 5.80. The van der Waals surface area contributed by atoms with E-state index in [1.165, 1.54) is 0 Å². The topological polar surface area (TPSA) is 60.2 Å². The molecule has 1 unspecified atom stereocenters. The highest BCUT2D eigenvalue weighted by atomic mass is 16.2. The Morgan fingerprint density at radius 2 is 2.05 bits per heavy atom. The molecule has 0 bridgehead atoms. The van der Waals surface area contributed by atoms with E-state index in [-0.39, 0.29) is 11.8 Å². The van der Waals surface area contributed by atoms with Crippen LogP contribution in [-0.4, -0.2) is 42.0 Å². The summed E-state index contributed by atoms with van der Waals surface area (Å²) in [5.41, 5.74) is 2.51. The minimum atomic E-state index is 0.0484. The molecule has 5 heteroatoms. The molecule has 2 aliphatic rings. The molecule has 0 radical (unpaired) electrons. The maximum Gasteiger partial charge on any atom is 0.227 e. The van der Waals surface area contributed by atoms with Gasteiger partial charge in [-0.2, -0.15) is 5.26 Å². The maximum absolute atomic E-state index is 12.5. The van der Waals surface area contributed by atoms with Crippen LogP contribution in [0.15, 0.2) is 6.07 Å². The summed E-state index contributed by atoms with van der Waals surface area (Å²) in [5, 5.41) is 9.41. The molecule has 3 rings (SSSR count). The summed E-state index contributed by atoms with van der Waals surface area (Å²) in [6.45, 7) is 7.18. The van der Waals surface area contributed by atoms with Crippen LogP contribution in [0.2, 0.25) is 0 Å². The first-order valence-electron chi connectivity index (χ1n) is 8.02. The van der Waals surface area contributed by atoms with Crippen LogP contribution >= 0.6 is 0 Å². The van der Waals surface area contributed by atoms with Crippen molar-refractivity contribution in [3.63, 3.8) is 0 Å². The number of pyridine rings is 1. The van der Waals surface area contributed by atoms with Crippen molar-refractivity contribution in [3.05, 3.63) is 22.9 Å². The summed E-state index contributed by atoms with van der Waals surface area (Å²) in [4.78, 5) is 21.2. The van der Waals surface area contributed by atoms with Gasteiger partial charge >= 0.3 is 0 Å². The smallest absolute Gasteiger partial charge is 0.227 e. The quantitative estimate of drug-likeness (QED) is 0.838. The molecule has 1 aromatic heterocycles.